The highest BCUT2D eigenvalue weighted by Crippen LogP contribution is 2.25. The molecule has 138 valence electrons. The standard InChI is InChI=1S/C19H19F3N2O2/c20-19(21,22)26-16-10-8-15(9-11-16)23-18(25)17-7-4-12-24(17)13-14-5-2-1-3-6-14/h1-3,5-6,8-11,17H,4,7,12-13H2,(H,23,25). The molecule has 1 heterocycles. The molecule has 0 saturated carbocycles. The first-order chi connectivity index (χ1) is 12.4. The Morgan fingerprint density at radius 3 is 2.46 bits per heavy atom. The Balaban J connectivity index is 1.60. The molecule has 1 amide bonds. The number of hydrogen-bond donors (Lipinski definition) is 1. The number of likely N-dealkylation sites (tertiary alicyclic amines) is 1. The molecule has 0 bridgehead atoms. The van der Waals surface area contributed by atoms with E-state index in [0.717, 1.165) is 24.9 Å². The topological polar surface area (TPSA) is 41.6 Å². The van der Waals surface area contributed by atoms with E-state index in [0.29, 0.717) is 12.2 Å². The van der Waals surface area contributed by atoms with Crippen LogP contribution in [0.2, 0.25) is 0 Å². The van der Waals surface area contributed by atoms with Crippen LogP contribution in [-0.2, 0) is 11.3 Å². The SMILES string of the molecule is O=C(Nc1ccc(OC(F)(F)F)cc1)C1CCCN1Cc1ccccc1. The first kappa shape index (κ1) is 18.3. The molecule has 1 atom stereocenters. The van der Waals surface area contributed by atoms with Gasteiger partial charge in [-0.1, -0.05) is 30.3 Å². The summed E-state index contributed by atoms with van der Waals surface area (Å²) in [5.74, 6) is -0.468. The molecule has 1 N–H and O–H groups in total. The molecular weight excluding hydrogens is 345 g/mol. The van der Waals surface area contributed by atoms with Gasteiger partial charge in [0.15, 0.2) is 0 Å². The molecule has 2 aromatic rings. The summed E-state index contributed by atoms with van der Waals surface area (Å²) in [4.78, 5) is 14.7. The van der Waals surface area contributed by atoms with Gasteiger partial charge in [0.25, 0.3) is 0 Å². The minimum absolute atomic E-state index is 0.150. The quantitative estimate of drug-likeness (QED) is 0.865. The fraction of sp³-hybridized carbons (Fsp3) is 0.316. The van der Waals surface area contributed by atoms with Gasteiger partial charge in [0, 0.05) is 12.2 Å². The highest BCUT2D eigenvalue weighted by atomic mass is 19.4. The first-order valence-corrected chi connectivity index (χ1v) is 8.35. The van der Waals surface area contributed by atoms with Gasteiger partial charge in [0.05, 0.1) is 6.04 Å². The Bertz CT molecular complexity index is 733. The van der Waals surface area contributed by atoms with E-state index >= 15 is 0 Å². The van der Waals surface area contributed by atoms with Crippen LogP contribution in [0.1, 0.15) is 18.4 Å². The van der Waals surface area contributed by atoms with Crippen molar-refractivity contribution < 1.29 is 22.7 Å². The fourth-order valence-electron chi connectivity index (χ4n) is 3.10. The van der Waals surface area contributed by atoms with Crippen molar-refractivity contribution in [3.8, 4) is 5.75 Å². The average Bonchev–Trinajstić information content (AvgIpc) is 3.04. The lowest BCUT2D eigenvalue weighted by molar-refractivity contribution is -0.274. The minimum Gasteiger partial charge on any atom is -0.406 e. The third-order valence-electron chi connectivity index (χ3n) is 4.25. The maximum Gasteiger partial charge on any atom is 0.573 e. The van der Waals surface area contributed by atoms with E-state index < -0.39 is 6.36 Å². The normalized spacial score (nSPS) is 17.9. The molecule has 1 unspecified atom stereocenters. The number of amides is 1. The third-order valence-corrected chi connectivity index (χ3v) is 4.25. The average molecular weight is 364 g/mol. The van der Waals surface area contributed by atoms with Gasteiger partial charge in [-0.25, -0.2) is 0 Å². The van der Waals surface area contributed by atoms with Crippen LogP contribution in [0.25, 0.3) is 0 Å². The van der Waals surface area contributed by atoms with Gasteiger partial charge in [-0.15, -0.1) is 13.2 Å². The summed E-state index contributed by atoms with van der Waals surface area (Å²) >= 11 is 0. The van der Waals surface area contributed by atoms with Gasteiger partial charge in [-0.2, -0.15) is 0 Å². The van der Waals surface area contributed by atoms with Crippen molar-refractivity contribution in [1.29, 1.82) is 0 Å². The third kappa shape index (κ3) is 4.98. The predicted molar refractivity (Wildman–Crippen MR) is 91.6 cm³/mol. The van der Waals surface area contributed by atoms with Crippen molar-refractivity contribution in [3.05, 3.63) is 60.2 Å². The number of alkyl halides is 3. The number of benzene rings is 2. The van der Waals surface area contributed by atoms with E-state index in [1.54, 1.807) is 0 Å². The van der Waals surface area contributed by atoms with Crippen molar-refractivity contribution >= 4 is 11.6 Å². The van der Waals surface area contributed by atoms with E-state index in [9.17, 15) is 18.0 Å². The summed E-state index contributed by atoms with van der Waals surface area (Å²) in [6, 6.07) is 14.8. The second-order valence-electron chi connectivity index (χ2n) is 6.18. The molecule has 2 aromatic carbocycles. The fourth-order valence-corrected chi connectivity index (χ4v) is 3.10. The molecule has 0 aliphatic carbocycles. The van der Waals surface area contributed by atoms with Crippen LogP contribution in [0.4, 0.5) is 18.9 Å². The zero-order valence-corrected chi connectivity index (χ0v) is 14.0. The van der Waals surface area contributed by atoms with Crippen LogP contribution in [-0.4, -0.2) is 29.8 Å². The second-order valence-corrected chi connectivity index (χ2v) is 6.18. The van der Waals surface area contributed by atoms with Crippen molar-refractivity contribution in [2.75, 3.05) is 11.9 Å². The lowest BCUT2D eigenvalue weighted by atomic mass is 10.1. The van der Waals surface area contributed by atoms with Crippen LogP contribution < -0.4 is 10.1 Å². The Labute approximate surface area is 149 Å². The Morgan fingerprint density at radius 2 is 1.81 bits per heavy atom. The molecule has 7 heteroatoms. The number of ether oxygens (including phenoxy) is 1. The summed E-state index contributed by atoms with van der Waals surface area (Å²) in [6.07, 6.45) is -3.04. The zero-order chi connectivity index (χ0) is 18.6. The smallest absolute Gasteiger partial charge is 0.406 e. The Kier molecular flexibility index (Phi) is 5.46. The summed E-state index contributed by atoms with van der Waals surface area (Å²) in [7, 11) is 0. The number of carbonyl (C=O) groups is 1. The molecule has 1 aliphatic rings. The van der Waals surface area contributed by atoms with Gasteiger partial charge in [-0.05, 0) is 49.2 Å². The van der Waals surface area contributed by atoms with E-state index in [1.807, 2.05) is 30.3 Å². The minimum atomic E-state index is -4.73. The highest BCUT2D eigenvalue weighted by molar-refractivity contribution is 5.95. The lowest BCUT2D eigenvalue weighted by Crippen LogP contribution is -2.39. The van der Waals surface area contributed by atoms with Crippen LogP contribution in [0.15, 0.2) is 54.6 Å². The number of halogens is 3. The maximum absolute atomic E-state index is 12.6. The molecule has 1 fully saturated rings. The van der Waals surface area contributed by atoms with Gasteiger partial charge in [0.2, 0.25) is 5.91 Å². The van der Waals surface area contributed by atoms with Crippen LogP contribution >= 0.6 is 0 Å². The molecule has 0 radical (unpaired) electrons. The molecular formula is C19H19F3N2O2. The van der Waals surface area contributed by atoms with Crippen LogP contribution in [0, 0.1) is 0 Å². The second kappa shape index (κ2) is 7.78. The number of hydrogen-bond acceptors (Lipinski definition) is 3. The summed E-state index contributed by atoms with van der Waals surface area (Å²) in [5.41, 5.74) is 1.58. The molecule has 1 aliphatic heterocycles. The van der Waals surface area contributed by atoms with Gasteiger partial charge >= 0.3 is 6.36 Å². The molecule has 26 heavy (non-hydrogen) atoms. The number of nitrogens with one attached hydrogen (secondary N) is 1. The number of carbonyl (C=O) groups excluding carboxylic acids is 1. The Hall–Kier alpha value is -2.54. The molecule has 0 spiro atoms. The lowest BCUT2D eigenvalue weighted by Gasteiger charge is -2.23. The van der Waals surface area contributed by atoms with Crippen molar-refractivity contribution in [1.82, 2.24) is 4.90 Å². The molecule has 4 nitrogen and oxygen atoms in total. The molecule has 0 aromatic heterocycles. The Morgan fingerprint density at radius 1 is 1.12 bits per heavy atom. The summed E-state index contributed by atoms with van der Waals surface area (Å²) < 4.78 is 40.4. The molecule has 3 rings (SSSR count). The van der Waals surface area contributed by atoms with E-state index in [4.69, 9.17) is 0 Å². The largest absolute Gasteiger partial charge is 0.573 e. The predicted octanol–water partition coefficient (Wildman–Crippen LogP) is 4.19. The molecule has 1 saturated heterocycles. The van der Waals surface area contributed by atoms with Gasteiger partial charge in [-0.3, -0.25) is 9.69 Å². The number of nitrogens with zero attached hydrogens (tertiary/aromatic N) is 1. The van der Waals surface area contributed by atoms with Gasteiger partial charge in [0.1, 0.15) is 5.75 Å². The van der Waals surface area contributed by atoms with Crippen molar-refractivity contribution in [2.45, 2.75) is 31.8 Å². The first-order valence-electron chi connectivity index (χ1n) is 8.35. The summed E-state index contributed by atoms with van der Waals surface area (Å²) in [5, 5.41) is 2.77. The maximum atomic E-state index is 12.6. The van der Waals surface area contributed by atoms with Gasteiger partial charge < -0.3 is 10.1 Å². The monoisotopic (exact) mass is 364 g/mol. The van der Waals surface area contributed by atoms with Crippen molar-refractivity contribution in [3.63, 3.8) is 0 Å². The number of rotatable bonds is 5. The van der Waals surface area contributed by atoms with E-state index in [-0.39, 0.29) is 17.7 Å². The highest BCUT2D eigenvalue weighted by Gasteiger charge is 2.32. The van der Waals surface area contributed by atoms with Crippen molar-refractivity contribution in [2.24, 2.45) is 0 Å². The van der Waals surface area contributed by atoms with Crippen LogP contribution in [0.3, 0.4) is 0 Å². The number of anilines is 1. The van der Waals surface area contributed by atoms with Crippen LogP contribution in [0.5, 0.6) is 5.75 Å². The van der Waals surface area contributed by atoms with E-state index in [2.05, 4.69) is 15.0 Å². The van der Waals surface area contributed by atoms with E-state index in [1.165, 1.54) is 24.3 Å². The summed E-state index contributed by atoms with van der Waals surface area (Å²) in [6.45, 7) is 1.53. The zero-order valence-electron chi connectivity index (χ0n) is 14.0.